The van der Waals surface area contributed by atoms with E-state index in [1.54, 1.807) is 6.92 Å². The van der Waals surface area contributed by atoms with E-state index >= 15 is 0 Å². The van der Waals surface area contributed by atoms with Crippen LogP contribution >= 0.6 is 37.9 Å². The van der Waals surface area contributed by atoms with Crippen molar-refractivity contribution in [2.24, 2.45) is 0 Å². The molecule has 0 bridgehead atoms. The van der Waals surface area contributed by atoms with E-state index in [4.69, 9.17) is 7.85 Å². The van der Waals surface area contributed by atoms with Crippen molar-refractivity contribution >= 4 is 51.2 Å². The molecular weight excluding hydrogens is 210 g/mol. The summed E-state index contributed by atoms with van der Waals surface area (Å²) in [5.41, 5.74) is 0.768. The molecule has 0 spiro atoms. The van der Waals surface area contributed by atoms with Gasteiger partial charge in [0.25, 0.3) is 0 Å². The third-order valence-electron chi connectivity index (χ3n) is 1.63. The van der Waals surface area contributed by atoms with E-state index in [1.165, 1.54) is 0 Å². The van der Waals surface area contributed by atoms with Crippen LogP contribution in [0.5, 0.6) is 0 Å². The maximum absolute atomic E-state index is 13.1. The van der Waals surface area contributed by atoms with Crippen LogP contribution in [-0.4, -0.2) is 7.85 Å². The van der Waals surface area contributed by atoms with Crippen molar-refractivity contribution in [1.82, 2.24) is 0 Å². The standard InChI is InChI=1S/C7H6BFS3/c1-2-5(10)3(8)4(9)7(12)6(2)11/h10-12H,1H3. The van der Waals surface area contributed by atoms with Gasteiger partial charge in [-0.1, -0.05) is 0 Å². The van der Waals surface area contributed by atoms with Gasteiger partial charge in [-0.05, 0) is 17.9 Å². The third kappa shape index (κ3) is 1.50. The Kier molecular flexibility index (Phi) is 3.07. The Labute approximate surface area is 88.6 Å². The lowest BCUT2D eigenvalue weighted by atomic mass is 9.93. The number of benzene rings is 1. The second-order valence-electron chi connectivity index (χ2n) is 2.40. The Morgan fingerprint density at radius 1 is 1.08 bits per heavy atom. The molecule has 12 heavy (non-hydrogen) atoms. The lowest BCUT2D eigenvalue weighted by molar-refractivity contribution is 0.599. The second kappa shape index (κ2) is 3.56. The first-order chi connectivity index (χ1) is 5.46. The van der Waals surface area contributed by atoms with Gasteiger partial charge in [0.2, 0.25) is 0 Å². The fourth-order valence-corrected chi connectivity index (χ4v) is 1.62. The summed E-state index contributed by atoms with van der Waals surface area (Å²) in [5.74, 6) is -0.557. The van der Waals surface area contributed by atoms with E-state index in [9.17, 15) is 4.39 Å². The summed E-state index contributed by atoms with van der Waals surface area (Å²) in [5, 5.41) is 0. The molecule has 0 aliphatic carbocycles. The SMILES string of the molecule is [B]c1c(F)c(S)c(S)c(C)c1S. The van der Waals surface area contributed by atoms with E-state index in [1.807, 2.05) is 0 Å². The van der Waals surface area contributed by atoms with Gasteiger partial charge in [0.05, 0.1) is 4.90 Å². The number of hydrogen-bond donors (Lipinski definition) is 3. The molecule has 62 valence electrons. The first-order valence-corrected chi connectivity index (χ1v) is 4.49. The average Bonchev–Trinajstić information content (AvgIpc) is 2.08. The van der Waals surface area contributed by atoms with Crippen molar-refractivity contribution < 1.29 is 4.39 Å². The molecule has 2 radical (unpaired) electrons. The Morgan fingerprint density at radius 2 is 1.58 bits per heavy atom. The van der Waals surface area contributed by atoms with E-state index in [2.05, 4.69) is 37.9 Å². The van der Waals surface area contributed by atoms with Crippen LogP contribution in [0.15, 0.2) is 14.7 Å². The summed E-state index contributed by atoms with van der Waals surface area (Å²) in [4.78, 5) is 1.08. The Balaban J connectivity index is 3.60. The monoisotopic (exact) mass is 216 g/mol. The van der Waals surface area contributed by atoms with Crippen LogP contribution in [0.3, 0.4) is 0 Å². The van der Waals surface area contributed by atoms with Crippen LogP contribution in [0.25, 0.3) is 0 Å². The Hall–Kier alpha value is 0.265. The fraction of sp³-hybridized carbons (Fsp3) is 0.143. The quantitative estimate of drug-likeness (QED) is 0.427. The van der Waals surface area contributed by atoms with E-state index in [0.717, 1.165) is 5.56 Å². The average molecular weight is 216 g/mol. The molecule has 0 nitrogen and oxygen atoms in total. The first-order valence-electron chi connectivity index (χ1n) is 3.15. The molecule has 1 rings (SSSR count). The molecule has 0 saturated carbocycles. The second-order valence-corrected chi connectivity index (χ2v) is 3.74. The molecule has 0 unspecified atom stereocenters. The van der Waals surface area contributed by atoms with Crippen molar-refractivity contribution in [1.29, 1.82) is 0 Å². The van der Waals surface area contributed by atoms with E-state index < -0.39 is 5.82 Å². The summed E-state index contributed by atoms with van der Waals surface area (Å²) >= 11 is 12.1. The zero-order chi connectivity index (χ0) is 9.46. The maximum atomic E-state index is 13.1. The van der Waals surface area contributed by atoms with Crippen LogP contribution in [-0.2, 0) is 0 Å². The lowest BCUT2D eigenvalue weighted by Crippen LogP contribution is -2.14. The number of thiol groups is 3. The molecule has 0 atom stereocenters. The molecule has 1 aromatic rings. The summed E-state index contributed by atoms with van der Waals surface area (Å²) < 4.78 is 13.1. The third-order valence-corrected chi connectivity index (χ3v) is 3.37. The van der Waals surface area contributed by atoms with Gasteiger partial charge in [0.1, 0.15) is 13.7 Å². The highest BCUT2D eigenvalue weighted by Crippen LogP contribution is 2.27. The minimum atomic E-state index is -0.557. The van der Waals surface area contributed by atoms with Crippen LogP contribution < -0.4 is 5.46 Å². The van der Waals surface area contributed by atoms with Gasteiger partial charge in [-0.2, -0.15) is 0 Å². The van der Waals surface area contributed by atoms with Gasteiger partial charge in [-0.3, -0.25) is 0 Å². The van der Waals surface area contributed by atoms with Crippen LogP contribution in [0.4, 0.5) is 4.39 Å². The minimum absolute atomic E-state index is 0.0265. The lowest BCUT2D eigenvalue weighted by Gasteiger charge is -2.11. The number of halogens is 1. The van der Waals surface area contributed by atoms with Gasteiger partial charge < -0.3 is 0 Å². The molecular formula is C7H6BFS3. The molecule has 0 aliphatic heterocycles. The summed E-state index contributed by atoms with van der Waals surface area (Å²) in [7, 11) is 5.42. The molecule has 0 amide bonds. The van der Waals surface area contributed by atoms with Gasteiger partial charge in [0, 0.05) is 9.79 Å². The predicted octanol–water partition coefficient (Wildman–Crippen LogP) is 1.79. The minimum Gasteiger partial charge on any atom is -0.206 e. The number of rotatable bonds is 0. The van der Waals surface area contributed by atoms with Gasteiger partial charge in [0.15, 0.2) is 0 Å². The molecule has 1 aromatic carbocycles. The van der Waals surface area contributed by atoms with Crippen LogP contribution in [0, 0.1) is 12.7 Å². The smallest absolute Gasteiger partial charge is 0.131 e. The highest BCUT2D eigenvalue weighted by molar-refractivity contribution is 7.83. The molecule has 0 saturated heterocycles. The Morgan fingerprint density at radius 3 is 2.08 bits per heavy atom. The molecule has 0 aliphatic rings. The normalized spacial score (nSPS) is 10.4. The van der Waals surface area contributed by atoms with Gasteiger partial charge in [-0.25, -0.2) is 4.39 Å². The molecule has 0 fully saturated rings. The molecule has 0 heterocycles. The fourth-order valence-electron chi connectivity index (χ4n) is 0.827. The molecule has 5 heteroatoms. The Bertz CT molecular complexity index is 233. The van der Waals surface area contributed by atoms with Crippen LogP contribution in [0.1, 0.15) is 5.56 Å². The van der Waals surface area contributed by atoms with Crippen molar-refractivity contribution in [3.63, 3.8) is 0 Å². The highest BCUT2D eigenvalue weighted by atomic mass is 32.1. The zero-order valence-electron chi connectivity index (χ0n) is 6.30. The largest absolute Gasteiger partial charge is 0.206 e. The summed E-state index contributed by atoms with van der Waals surface area (Å²) in [6.45, 7) is 1.76. The highest BCUT2D eigenvalue weighted by Gasteiger charge is 2.12. The summed E-state index contributed by atoms with van der Waals surface area (Å²) in [6, 6.07) is 0. The van der Waals surface area contributed by atoms with Crippen molar-refractivity contribution in [3.05, 3.63) is 11.4 Å². The molecule has 0 aromatic heterocycles. The van der Waals surface area contributed by atoms with E-state index in [0.29, 0.717) is 9.79 Å². The predicted molar refractivity (Wildman–Crippen MR) is 58.3 cm³/mol. The van der Waals surface area contributed by atoms with Crippen LogP contribution in [0.2, 0.25) is 0 Å². The van der Waals surface area contributed by atoms with E-state index in [-0.39, 0.29) is 10.4 Å². The van der Waals surface area contributed by atoms with Gasteiger partial charge >= 0.3 is 0 Å². The topological polar surface area (TPSA) is 0 Å². The number of hydrogen-bond acceptors (Lipinski definition) is 3. The first kappa shape index (κ1) is 10.3. The summed E-state index contributed by atoms with van der Waals surface area (Å²) in [6.07, 6.45) is 0. The van der Waals surface area contributed by atoms with Crippen molar-refractivity contribution in [3.8, 4) is 0 Å². The zero-order valence-corrected chi connectivity index (χ0v) is 8.98. The van der Waals surface area contributed by atoms with Gasteiger partial charge in [-0.15, -0.1) is 37.9 Å². The van der Waals surface area contributed by atoms with Crippen molar-refractivity contribution in [2.45, 2.75) is 21.6 Å². The van der Waals surface area contributed by atoms with Crippen molar-refractivity contribution in [2.75, 3.05) is 0 Å². The maximum Gasteiger partial charge on any atom is 0.131 e. The molecule has 0 N–H and O–H groups in total.